The Morgan fingerprint density at radius 3 is 1.13 bits per heavy atom. The van der Waals surface area contributed by atoms with Crippen LogP contribution >= 0.6 is 0 Å². The molecule has 0 unspecified atom stereocenters. The molecule has 186 valence electrons. The van der Waals surface area contributed by atoms with Crippen LogP contribution in [0, 0.1) is 0 Å². The molecule has 0 aliphatic carbocycles. The summed E-state index contributed by atoms with van der Waals surface area (Å²) in [5.41, 5.74) is 4.34. The molecule has 0 saturated heterocycles. The Balaban J connectivity index is 1.33. The van der Waals surface area contributed by atoms with Gasteiger partial charge < -0.3 is 13.3 Å². The zero-order chi connectivity index (χ0) is 26.0. The van der Waals surface area contributed by atoms with Crippen molar-refractivity contribution >= 4 is 0 Å². The van der Waals surface area contributed by atoms with Gasteiger partial charge in [-0.2, -0.15) is 0 Å². The first-order chi connectivity index (χ1) is 19.3. The molecule has 7 rings (SSSR count). The van der Waals surface area contributed by atoms with Gasteiger partial charge in [0.1, 0.15) is 0 Å². The molecule has 9 heteroatoms. The molecule has 0 amide bonds. The molecular formula is C30H18N6O3. The average molecular weight is 511 g/mol. The van der Waals surface area contributed by atoms with Gasteiger partial charge in [-0.05, 0) is 54.6 Å². The first-order valence-electron chi connectivity index (χ1n) is 12.1. The minimum Gasteiger partial charge on any atom is -0.416 e. The van der Waals surface area contributed by atoms with Gasteiger partial charge in [0.2, 0.25) is 35.3 Å². The van der Waals surface area contributed by atoms with E-state index in [1.54, 1.807) is 0 Å². The highest BCUT2D eigenvalue weighted by molar-refractivity contribution is 5.80. The van der Waals surface area contributed by atoms with Crippen LogP contribution in [0.1, 0.15) is 0 Å². The van der Waals surface area contributed by atoms with Crippen molar-refractivity contribution in [1.82, 2.24) is 30.6 Å². The predicted octanol–water partition coefficient (Wildman–Crippen LogP) is 6.84. The average Bonchev–Trinajstić information content (AvgIpc) is 3.80. The van der Waals surface area contributed by atoms with E-state index in [2.05, 4.69) is 30.6 Å². The molecule has 3 aromatic heterocycles. The van der Waals surface area contributed by atoms with Gasteiger partial charge in [-0.25, -0.2) is 0 Å². The third kappa shape index (κ3) is 4.38. The van der Waals surface area contributed by atoms with E-state index in [0.717, 1.165) is 16.7 Å². The Kier molecular flexibility index (Phi) is 5.56. The Bertz CT molecular complexity index is 1860. The second-order valence-corrected chi connectivity index (χ2v) is 8.60. The van der Waals surface area contributed by atoms with Crippen molar-refractivity contribution in [2.45, 2.75) is 0 Å². The van der Waals surface area contributed by atoms with Gasteiger partial charge in [-0.3, -0.25) is 0 Å². The molecule has 0 aliphatic rings. The third-order valence-corrected chi connectivity index (χ3v) is 6.06. The summed E-state index contributed by atoms with van der Waals surface area (Å²) >= 11 is 0. The highest BCUT2D eigenvalue weighted by atomic mass is 16.4. The molecule has 7 aromatic rings. The SMILES string of the molecule is c1ccc(-c2nnc(-c3ccc(-c4nnc(-c5ccccc5)o4)c(-c4nnc(-c5ccccc5)o4)c3)o2)cc1. The van der Waals surface area contributed by atoms with Crippen LogP contribution in [0.5, 0.6) is 0 Å². The molecule has 9 nitrogen and oxygen atoms in total. The summed E-state index contributed by atoms with van der Waals surface area (Å²) in [5, 5.41) is 25.6. The number of hydrogen-bond donors (Lipinski definition) is 0. The van der Waals surface area contributed by atoms with Crippen LogP contribution in [0.3, 0.4) is 0 Å². The Hall–Kier alpha value is -5.70. The first-order valence-corrected chi connectivity index (χ1v) is 12.1. The number of benzene rings is 4. The van der Waals surface area contributed by atoms with Gasteiger partial charge in [-0.15, -0.1) is 30.6 Å². The Morgan fingerprint density at radius 2 is 0.667 bits per heavy atom. The van der Waals surface area contributed by atoms with Gasteiger partial charge in [-0.1, -0.05) is 54.6 Å². The highest BCUT2D eigenvalue weighted by Gasteiger charge is 2.22. The lowest BCUT2D eigenvalue weighted by Crippen LogP contribution is -1.89. The molecule has 0 spiro atoms. The number of hydrogen-bond acceptors (Lipinski definition) is 9. The molecule has 4 aromatic carbocycles. The summed E-state index contributed by atoms with van der Waals surface area (Å²) in [6.45, 7) is 0. The molecule has 0 atom stereocenters. The molecule has 3 heterocycles. The standard InChI is InChI=1S/C30H18N6O3/c1-4-10-19(11-5-1)25-31-34-28(37-25)22-16-17-23(29-35-32-26(38-29)20-12-6-2-7-13-20)24(18-22)30-36-33-27(39-30)21-14-8-3-9-15-21/h1-18H. The van der Waals surface area contributed by atoms with Crippen molar-refractivity contribution in [3.8, 4) is 68.7 Å². The van der Waals surface area contributed by atoms with Crippen LogP contribution in [0.4, 0.5) is 0 Å². The summed E-state index contributed by atoms with van der Waals surface area (Å²) in [4.78, 5) is 0. The molecular weight excluding hydrogens is 492 g/mol. The quantitative estimate of drug-likeness (QED) is 0.237. The van der Waals surface area contributed by atoms with E-state index in [1.165, 1.54) is 0 Å². The van der Waals surface area contributed by atoms with Crippen molar-refractivity contribution in [2.75, 3.05) is 0 Å². The number of aromatic nitrogens is 6. The van der Waals surface area contributed by atoms with Crippen LogP contribution in [0.2, 0.25) is 0 Å². The maximum Gasteiger partial charge on any atom is 0.248 e. The second-order valence-electron chi connectivity index (χ2n) is 8.60. The fourth-order valence-corrected chi connectivity index (χ4v) is 4.14. The van der Waals surface area contributed by atoms with Crippen molar-refractivity contribution in [3.63, 3.8) is 0 Å². The fourth-order valence-electron chi connectivity index (χ4n) is 4.14. The number of nitrogens with zero attached hydrogens (tertiary/aromatic N) is 6. The summed E-state index contributed by atoms with van der Waals surface area (Å²) in [6.07, 6.45) is 0. The largest absolute Gasteiger partial charge is 0.416 e. The van der Waals surface area contributed by atoms with Crippen molar-refractivity contribution in [1.29, 1.82) is 0 Å². The lowest BCUT2D eigenvalue weighted by atomic mass is 10.0. The molecule has 0 radical (unpaired) electrons. The molecule has 0 aliphatic heterocycles. The monoisotopic (exact) mass is 510 g/mol. The third-order valence-electron chi connectivity index (χ3n) is 6.06. The lowest BCUT2D eigenvalue weighted by molar-refractivity contribution is 0.576. The first kappa shape index (κ1) is 22.5. The van der Waals surface area contributed by atoms with E-state index in [1.807, 2.05) is 109 Å². The molecule has 0 N–H and O–H groups in total. The van der Waals surface area contributed by atoms with E-state index in [0.29, 0.717) is 46.1 Å². The molecule has 39 heavy (non-hydrogen) atoms. The number of rotatable bonds is 6. The lowest BCUT2D eigenvalue weighted by Gasteiger charge is -2.05. The van der Waals surface area contributed by atoms with Crippen molar-refractivity contribution in [2.24, 2.45) is 0 Å². The highest BCUT2D eigenvalue weighted by Crippen LogP contribution is 2.37. The van der Waals surface area contributed by atoms with E-state index < -0.39 is 0 Å². The van der Waals surface area contributed by atoms with Crippen LogP contribution in [-0.4, -0.2) is 30.6 Å². The topological polar surface area (TPSA) is 117 Å². The fraction of sp³-hybridized carbons (Fsp3) is 0. The van der Waals surface area contributed by atoms with Gasteiger partial charge >= 0.3 is 0 Å². The predicted molar refractivity (Wildman–Crippen MR) is 143 cm³/mol. The second kappa shape index (κ2) is 9.64. The van der Waals surface area contributed by atoms with Gasteiger partial charge in [0, 0.05) is 22.3 Å². The summed E-state index contributed by atoms with van der Waals surface area (Å²) in [5.74, 6) is 2.16. The van der Waals surface area contributed by atoms with E-state index in [9.17, 15) is 0 Å². The maximum absolute atomic E-state index is 6.10. The van der Waals surface area contributed by atoms with Crippen LogP contribution in [0.25, 0.3) is 68.7 Å². The Labute approximate surface area is 221 Å². The van der Waals surface area contributed by atoms with Crippen molar-refractivity contribution < 1.29 is 13.3 Å². The maximum atomic E-state index is 6.10. The van der Waals surface area contributed by atoms with Gasteiger partial charge in [0.05, 0.1) is 11.1 Å². The summed E-state index contributed by atoms with van der Waals surface area (Å²) in [7, 11) is 0. The Morgan fingerprint density at radius 1 is 0.308 bits per heavy atom. The van der Waals surface area contributed by atoms with Crippen molar-refractivity contribution in [3.05, 3.63) is 109 Å². The summed E-state index contributed by atoms with van der Waals surface area (Å²) in [6, 6.07) is 34.2. The van der Waals surface area contributed by atoms with Crippen LogP contribution in [-0.2, 0) is 0 Å². The van der Waals surface area contributed by atoms with E-state index in [4.69, 9.17) is 13.3 Å². The smallest absolute Gasteiger partial charge is 0.248 e. The van der Waals surface area contributed by atoms with E-state index >= 15 is 0 Å². The normalized spacial score (nSPS) is 11.1. The zero-order valence-electron chi connectivity index (χ0n) is 20.3. The summed E-state index contributed by atoms with van der Waals surface area (Å²) < 4.78 is 18.1. The zero-order valence-corrected chi connectivity index (χ0v) is 20.3. The molecule has 0 fully saturated rings. The van der Waals surface area contributed by atoms with Gasteiger partial charge in [0.15, 0.2) is 0 Å². The molecule has 0 saturated carbocycles. The molecule has 0 bridgehead atoms. The van der Waals surface area contributed by atoms with E-state index in [-0.39, 0.29) is 5.89 Å². The minimum atomic E-state index is 0.285. The van der Waals surface area contributed by atoms with Crippen LogP contribution in [0.15, 0.2) is 122 Å². The van der Waals surface area contributed by atoms with Crippen LogP contribution < -0.4 is 0 Å². The van der Waals surface area contributed by atoms with Gasteiger partial charge in [0.25, 0.3) is 0 Å². The minimum absolute atomic E-state index is 0.285.